The zero-order valence-corrected chi connectivity index (χ0v) is 31.2. The molecule has 10 heteroatoms. The quantitative estimate of drug-likeness (QED) is 0.0921. The van der Waals surface area contributed by atoms with Crippen LogP contribution in [-0.2, 0) is 9.59 Å². The van der Waals surface area contributed by atoms with E-state index in [1.165, 1.54) is 0 Å². The molecule has 52 heavy (non-hydrogen) atoms. The van der Waals surface area contributed by atoms with Crippen molar-refractivity contribution in [3.8, 4) is 11.5 Å². The molecule has 4 aromatic rings. The topological polar surface area (TPSA) is 135 Å². The fraction of sp³-hybridized carbons (Fsp3) is 0.333. The fourth-order valence-electron chi connectivity index (χ4n) is 6.42. The number of anilines is 4. The number of hydrogen-bond donors (Lipinski definition) is 4. The molecule has 10 nitrogen and oxygen atoms in total. The van der Waals surface area contributed by atoms with Gasteiger partial charge in [-0.2, -0.15) is 0 Å². The van der Waals surface area contributed by atoms with Crippen molar-refractivity contribution in [3.63, 3.8) is 0 Å². The van der Waals surface area contributed by atoms with Crippen LogP contribution in [0.5, 0.6) is 11.5 Å². The highest BCUT2D eigenvalue weighted by Gasteiger charge is 2.34. The van der Waals surface area contributed by atoms with Crippen LogP contribution in [0.2, 0.25) is 0 Å². The number of carbonyl (C=O) groups excluding carboxylic acids is 4. The highest BCUT2D eigenvalue weighted by atomic mass is 16.5. The van der Waals surface area contributed by atoms with Crippen LogP contribution < -0.4 is 30.7 Å². The van der Waals surface area contributed by atoms with E-state index in [-0.39, 0.29) is 61.5 Å². The minimum Gasteiger partial charge on any atom is -0.493 e. The first-order valence-electron chi connectivity index (χ1n) is 17.7. The second kappa shape index (κ2) is 16.1. The van der Waals surface area contributed by atoms with Crippen molar-refractivity contribution in [1.29, 1.82) is 0 Å². The van der Waals surface area contributed by atoms with E-state index in [9.17, 15) is 19.2 Å². The second-order valence-electron chi connectivity index (χ2n) is 13.9. The van der Waals surface area contributed by atoms with Crippen LogP contribution in [0, 0.1) is 27.7 Å². The third kappa shape index (κ3) is 8.62. The summed E-state index contributed by atoms with van der Waals surface area (Å²) in [4.78, 5) is 52.5. The van der Waals surface area contributed by atoms with E-state index < -0.39 is 0 Å². The summed E-state index contributed by atoms with van der Waals surface area (Å²) in [5.41, 5.74) is 7.40. The number of carbonyl (C=O) groups is 4. The van der Waals surface area contributed by atoms with Gasteiger partial charge < -0.3 is 30.7 Å². The molecular formula is C42H48N4O6. The Hall–Kier alpha value is -5.64. The Morgan fingerprint density at radius 1 is 0.577 bits per heavy atom. The minimum absolute atomic E-state index is 0.0654. The van der Waals surface area contributed by atoms with Gasteiger partial charge in [-0.3, -0.25) is 19.2 Å². The van der Waals surface area contributed by atoms with E-state index >= 15 is 0 Å². The summed E-state index contributed by atoms with van der Waals surface area (Å²) in [5, 5.41) is 12.7. The summed E-state index contributed by atoms with van der Waals surface area (Å²) in [6.07, 6.45) is 0.492. The highest BCUT2D eigenvalue weighted by Crippen LogP contribution is 2.41. The first-order valence-corrected chi connectivity index (χ1v) is 17.7. The minimum atomic E-state index is -0.245. The van der Waals surface area contributed by atoms with Gasteiger partial charge in [0.15, 0.2) is 11.6 Å². The van der Waals surface area contributed by atoms with Crippen LogP contribution in [0.3, 0.4) is 0 Å². The monoisotopic (exact) mass is 704 g/mol. The molecule has 1 aliphatic carbocycles. The maximum Gasteiger partial charge on any atom is 0.223 e. The number of nitrogens with one attached hydrogen (secondary N) is 4. The predicted molar refractivity (Wildman–Crippen MR) is 205 cm³/mol. The van der Waals surface area contributed by atoms with Gasteiger partial charge in [0.25, 0.3) is 0 Å². The summed E-state index contributed by atoms with van der Waals surface area (Å²) in [7, 11) is 0. The first-order chi connectivity index (χ1) is 24.7. The SMILES string of the molecule is Cc1cc(OCCC(=O)NC(C)C)cc(C)c1Nc1ccc(Nc2c(C)cc(OCCC(=O)NC(C)C)cc2C)c2c1C(=O)c1ccccc1C2=O. The van der Waals surface area contributed by atoms with E-state index in [0.29, 0.717) is 45.1 Å². The lowest BCUT2D eigenvalue weighted by atomic mass is 9.82. The van der Waals surface area contributed by atoms with Gasteiger partial charge in [0.2, 0.25) is 11.8 Å². The molecule has 0 heterocycles. The number of hydrogen-bond acceptors (Lipinski definition) is 8. The molecule has 4 N–H and O–H groups in total. The van der Waals surface area contributed by atoms with Crippen molar-refractivity contribution in [1.82, 2.24) is 10.6 Å². The van der Waals surface area contributed by atoms with E-state index in [0.717, 1.165) is 33.6 Å². The summed E-state index contributed by atoms with van der Waals surface area (Å²) in [5.74, 6) is 0.647. The first kappa shape index (κ1) is 37.6. The van der Waals surface area contributed by atoms with Gasteiger partial charge in [0.1, 0.15) is 11.5 Å². The van der Waals surface area contributed by atoms with Crippen LogP contribution in [-0.4, -0.2) is 48.7 Å². The van der Waals surface area contributed by atoms with Crippen molar-refractivity contribution < 1.29 is 28.7 Å². The second-order valence-corrected chi connectivity index (χ2v) is 13.9. The number of fused-ring (bicyclic) bond motifs is 2. The molecule has 5 rings (SSSR count). The molecular weight excluding hydrogens is 656 g/mol. The maximum absolute atomic E-state index is 14.2. The molecule has 0 aliphatic heterocycles. The van der Waals surface area contributed by atoms with Crippen molar-refractivity contribution in [2.24, 2.45) is 0 Å². The van der Waals surface area contributed by atoms with Gasteiger partial charge in [-0.1, -0.05) is 24.3 Å². The third-order valence-electron chi connectivity index (χ3n) is 8.70. The van der Waals surface area contributed by atoms with Crippen LogP contribution in [0.1, 0.15) is 94.6 Å². The summed E-state index contributed by atoms with van der Waals surface area (Å²) in [6, 6.07) is 18.2. The lowest BCUT2D eigenvalue weighted by Gasteiger charge is -2.25. The molecule has 0 saturated carbocycles. The summed E-state index contributed by atoms with van der Waals surface area (Å²) < 4.78 is 11.8. The highest BCUT2D eigenvalue weighted by molar-refractivity contribution is 6.32. The molecule has 0 saturated heterocycles. The molecule has 0 unspecified atom stereocenters. The lowest BCUT2D eigenvalue weighted by Crippen LogP contribution is -2.31. The number of rotatable bonds is 14. The number of ketones is 2. The molecule has 0 fully saturated rings. The van der Waals surface area contributed by atoms with E-state index in [1.54, 1.807) is 24.3 Å². The zero-order valence-electron chi connectivity index (χ0n) is 31.2. The lowest BCUT2D eigenvalue weighted by molar-refractivity contribution is -0.122. The van der Waals surface area contributed by atoms with Gasteiger partial charge in [-0.05, 0) is 114 Å². The zero-order chi connectivity index (χ0) is 37.7. The van der Waals surface area contributed by atoms with Gasteiger partial charge in [-0.15, -0.1) is 0 Å². The largest absolute Gasteiger partial charge is 0.493 e. The van der Waals surface area contributed by atoms with Gasteiger partial charge in [0, 0.05) is 34.6 Å². The van der Waals surface area contributed by atoms with Crippen molar-refractivity contribution in [3.05, 3.63) is 105 Å². The van der Waals surface area contributed by atoms with Crippen molar-refractivity contribution in [2.75, 3.05) is 23.8 Å². The average molecular weight is 705 g/mol. The molecule has 1 aliphatic rings. The molecule has 4 aromatic carbocycles. The number of ether oxygens (including phenoxy) is 2. The average Bonchev–Trinajstić information content (AvgIpc) is 3.06. The van der Waals surface area contributed by atoms with Gasteiger partial charge in [0.05, 0.1) is 48.6 Å². The van der Waals surface area contributed by atoms with Crippen LogP contribution in [0.25, 0.3) is 0 Å². The van der Waals surface area contributed by atoms with Gasteiger partial charge in [-0.25, -0.2) is 0 Å². The predicted octanol–water partition coefficient (Wildman–Crippen LogP) is 7.77. The third-order valence-corrected chi connectivity index (χ3v) is 8.70. The van der Waals surface area contributed by atoms with Crippen LogP contribution >= 0.6 is 0 Å². The maximum atomic E-state index is 14.2. The van der Waals surface area contributed by atoms with Crippen LogP contribution in [0.15, 0.2) is 60.7 Å². The van der Waals surface area contributed by atoms with Crippen molar-refractivity contribution in [2.45, 2.75) is 80.3 Å². The Labute approximate surface area is 305 Å². The molecule has 0 radical (unpaired) electrons. The van der Waals surface area contributed by atoms with Crippen molar-refractivity contribution >= 4 is 46.1 Å². The number of benzene rings is 4. The normalized spacial score (nSPS) is 12.0. The Morgan fingerprint density at radius 3 is 1.25 bits per heavy atom. The van der Waals surface area contributed by atoms with Gasteiger partial charge >= 0.3 is 0 Å². The number of aryl methyl sites for hydroxylation is 4. The molecule has 272 valence electrons. The molecule has 0 atom stereocenters. The Kier molecular flexibility index (Phi) is 11.7. The van der Waals surface area contributed by atoms with E-state index in [4.69, 9.17) is 9.47 Å². The smallest absolute Gasteiger partial charge is 0.223 e. The standard InChI is InChI=1S/C42H48N4O6/c1-23(2)43-35(47)15-17-51-29-19-25(5)39(26(6)20-29)45-33-13-14-34(38-37(33)41(49)31-11-9-10-12-32(31)42(38)50)46-40-27(7)21-30(22-28(40)8)52-18-16-36(48)44-24(3)4/h9-14,19-24,45-46H,15-18H2,1-8H3,(H,43,47)(H,44,48). The van der Waals surface area contributed by atoms with Crippen LogP contribution in [0.4, 0.5) is 22.7 Å². The summed E-state index contributed by atoms with van der Waals surface area (Å²) in [6.45, 7) is 15.9. The molecule has 2 amide bonds. The van der Waals surface area contributed by atoms with E-state index in [1.807, 2.05) is 91.8 Å². The number of amides is 2. The molecule has 0 bridgehead atoms. The summed E-state index contributed by atoms with van der Waals surface area (Å²) >= 11 is 0. The Morgan fingerprint density at radius 2 is 0.923 bits per heavy atom. The Balaban J connectivity index is 1.44. The fourth-order valence-corrected chi connectivity index (χ4v) is 6.42. The molecule has 0 aromatic heterocycles. The Bertz CT molecular complexity index is 1840. The molecule has 0 spiro atoms. The van der Waals surface area contributed by atoms with E-state index in [2.05, 4.69) is 21.3 Å².